The molecule has 0 radical (unpaired) electrons. The van der Waals surface area contributed by atoms with Crippen LogP contribution in [0.5, 0.6) is 0 Å². The molecular weight excluding hydrogens is 168 g/mol. The number of hydrogen-bond donors (Lipinski definition) is 0. The van der Waals surface area contributed by atoms with Crippen LogP contribution < -0.4 is 0 Å². The second-order valence-corrected chi connectivity index (χ2v) is 4.63. The Balaban J connectivity index is 3.80. The first-order valence-corrected chi connectivity index (χ1v) is 5.96. The SMILES string of the molecule is CCCCC([SiH3])(OCC)OCC. The molecule has 0 aliphatic rings. The summed E-state index contributed by atoms with van der Waals surface area (Å²) in [5.74, 6) is 0. The number of unbranched alkanes of at least 4 members (excludes halogenated alkanes) is 1. The molecule has 0 spiro atoms. The highest BCUT2D eigenvalue weighted by molar-refractivity contribution is 6.13. The zero-order chi connectivity index (χ0) is 9.45. The van der Waals surface area contributed by atoms with Gasteiger partial charge in [-0.2, -0.15) is 0 Å². The topological polar surface area (TPSA) is 18.5 Å². The average molecular weight is 190 g/mol. The molecule has 0 unspecified atom stereocenters. The van der Waals surface area contributed by atoms with E-state index in [0.29, 0.717) is 0 Å². The maximum Gasteiger partial charge on any atom is 0.141 e. The largest absolute Gasteiger partial charge is 0.355 e. The molecular formula is C9H22O2Si. The van der Waals surface area contributed by atoms with Crippen LogP contribution in [0.4, 0.5) is 0 Å². The average Bonchev–Trinajstić information content (AvgIpc) is 2.02. The van der Waals surface area contributed by atoms with Gasteiger partial charge in [0, 0.05) is 13.2 Å². The molecule has 0 aliphatic heterocycles. The minimum Gasteiger partial charge on any atom is -0.355 e. The lowest BCUT2D eigenvalue weighted by Gasteiger charge is -2.29. The van der Waals surface area contributed by atoms with Gasteiger partial charge in [-0.15, -0.1) is 0 Å². The highest BCUT2D eigenvalue weighted by Crippen LogP contribution is 2.16. The summed E-state index contributed by atoms with van der Waals surface area (Å²) in [5, 5.41) is 0. The molecule has 0 atom stereocenters. The molecule has 3 heteroatoms. The molecule has 12 heavy (non-hydrogen) atoms. The fraction of sp³-hybridized carbons (Fsp3) is 1.00. The van der Waals surface area contributed by atoms with E-state index in [0.717, 1.165) is 29.9 Å². The van der Waals surface area contributed by atoms with E-state index in [1.54, 1.807) is 0 Å². The first-order valence-electron chi connectivity index (χ1n) is 4.96. The molecule has 0 aromatic carbocycles. The van der Waals surface area contributed by atoms with Crippen molar-refractivity contribution in [3.05, 3.63) is 0 Å². The van der Waals surface area contributed by atoms with Crippen molar-refractivity contribution in [2.24, 2.45) is 0 Å². The van der Waals surface area contributed by atoms with E-state index in [2.05, 4.69) is 6.92 Å². The van der Waals surface area contributed by atoms with Gasteiger partial charge >= 0.3 is 0 Å². The van der Waals surface area contributed by atoms with Crippen LogP contribution in [0.25, 0.3) is 0 Å². The van der Waals surface area contributed by atoms with E-state index in [9.17, 15) is 0 Å². The van der Waals surface area contributed by atoms with Crippen LogP contribution in [0.15, 0.2) is 0 Å². The molecule has 2 nitrogen and oxygen atoms in total. The lowest BCUT2D eigenvalue weighted by Crippen LogP contribution is -2.36. The van der Waals surface area contributed by atoms with E-state index < -0.39 is 0 Å². The van der Waals surface area contributed by atoms with Crippen molar-refractivity contribution in [2.45, 2.75) is 45.4 Å². The molecule has 0 aromatic rings. The Bertz CT molecular complexity index is 101. The second kappa shape index (κ2) is 6.63. The third-order valence-corrected chi connectivity index (χ3v) is 2.96. The van der Waals surface area contributed by atoms with Gasteiger partial charge in [0.1, 0.15) is 5.41 Å². The Kier molecular flexibility index (Phi) is 6.71. The third-order valence-electron chi connectivity index (χ3n) is 1.88. The van der Waals surface area contributed by atoms with Crippen LogP contribution in [0.3, 0.4) is 0 Å². The minimum atomic E-state index is -0.209. The smallest absolute Gasteiger partial charge is 0.141 e. The Hall–Kier alpha value is 0.137. The van der Waals surface area contributed by atoms with Crippen LogP contribution in [0.1, 0.15) is 40.0 Å². The molecule has 0 N–H and O–H groups in total. The fourth-order valence-electron chi connectivity index (χ4n) is 1.29. The number of hydrogen-bond acceptors (Lipinski definition) is 2. The summed E-state index contributed by atoms with van der Waals surface area (Å²) in [4.78, 5) is 0. The van der Waals surface area contributed by atoms with Gasteiger partial charge in [0.2, 0.25) is 0 Å². The van der Waals surface area contributed by atoms with Gasteiger partial charge in [0.05, 0.1) is 10.2 Å². The normalized spacial score (nSPS) is 12.2. The van der Waals surface area contributed by atoms with Crippen LogP contribution in [-0.2, 0) is 9.47 Å². The van der Waals surface area contributed by atoms with E-state index in [-0.39, 0.29) is 5.41 Å². The molecule has 0 rings (SSSR count). The quantitative estimate of drug-likeness (QED) is 0.444. The molecule has 0 aromatic heterocycles. The van der Waals surface area contributed by atoms with Crippen LogP contribution >= 0.6 is 0 Å². The summed E-state index contributed by atoms with van der Waals surface area (Å²) in [6, 6.07) is 0. The highest BCUT2D eigenvalue weighted by atomic mass is 28.1. The standard InChI is InChI=1S/C9H22O2Si/c1-4-7-8-9(12,10-5-2)11-6-3/h4-8H2,1-3,12H3. The second-order valence-electron chi connectivity index (χ2n) is 3.10. The summed E-state index contributed by atoms with van der Waals surface area (Å²) in [6.07, 6.45) is 3.46. The lowest BCUT2D eigenvalue weighted by molar-refractivity contribution is -0.177. The van der Waals surface area contributed by atoms with Gasteiger partial charge in [-0.25, -0.2) is 0 Å². The van der Waals surface area contributed by atoms with E-state index in [1.807, 2.05) is 13.8 Å². The van der Waals surface area contributed by atoms with E-state index >= 15 is 0 Å². The predicted molar refractivity (Wildman–Crippen MR) is 55.4 cm³/mol. The molecule has 0 fully saturated rings. The van der Waals surface area contributed by atoms with Crippen molar-refractivity contribution in [1.29, 1.82) is 0 Å². The molecule has 0 bridgehead atoms. The Labute approximate surface area is 79.1 Å². The number of ether oxygens (including phenoxy) is 2. The lowest BCUT2D eigenvalue weighted by atomic mass is 10.2. The Morgan fingerprint density at radius 2 is 1.58 bits per heavy atom. The van der Waals surface area contributed by atoms with E-state index in [1.165, 1.54) is 12.8 Å². The van der Waals surface area contributed by atoms with Crippen LogP contribution in [0.2, 0.25) is 0 Å². The van der Waals surface area contributed by atoms with Gasteiger partial charge in [-0.3, -0.25) is 0 Å². The molecule has 0 heterocycles. The Morgan fingerprint density at radius 1 is 1.08 bits per heavy atom. The maximum absolute atomic E-state index is 5.61. The van der Waals surface area contributed by atoms with Gasteiger partial charge in [0.25, 0.3) is 0 Å². The summed E-state index contributed by atoms with van der Waals surface area (Å²) in [7, 11) is 0.958. The van der Waals surface area contributed by atoms with Crippen LogP contribution in [0, 0.1) is 0 Å². The summed E-state index contributed by atoms with van der Waals surface area (Å²) >= 11 is 0. The third kappa shape index (κ3) is 4.90. The highest BCUT2D eigenvalue weighted by Gasteiger charge is 2.22. The van der Waals surface area contributed by atoms with Crippen molar-refractivity contribution in [3.8, 4) is 0 Å². The molecule has 74 valence electrons. The van der Waals surface area contributed by atoms with Gasteiger partial charge in [0.15, 0.2) is 0 Å². The summed E-state index contributed by atoms with van der Waals surface area (Å²) in [5.41, 5.74) is -0.209. The van der Waals surface area contributed by atoms with E-state index in [4.69, 9.17) is 9.47 Å². The fourth-order valence-corrected chi connectivity index (χ4v) is 2.23. The zero-order valence-electron chi connectivity index (χ0n) is 8.85. The zero-order valence-corrected chi connectivity index (χ0v) is 10.9. The van der Waals surface area contributed by atoms with Gasteiger partial charge in [-0.05, 0) is 26.7 Å². The monoisotopic (exact) mass is 190 g/mol. The predicted octanol–water partition coefficient (Wildman–Crippen LogP) is 1.27. The maximum atomic E-state index is 5.61. The molecule has 0 amide bonds. The van der Waals surface area contributed by atoms with Crippen molar-refractivity contribution in [2.75, 3.05) is 13.2 Å². The van der Waals surface area contributed by atoms with Gasteiger partial charge < -0.3 is 9.47 Å². The first kappa shape index (κ1) is 12.1. The number of rotatable bonds is 7. The van der Waals surface area contributed by atoms with Crippen molar-refractivity contribution < 1.29 is 9.47 Å². The molecule has 0 saturated heterocycles. The van der Waals surface area contributed by atoms with Gasteiger partial charge in [-0.1, -0.05) is 13.3 Å². The van der Waals surface area contributed by atoms with Crippen molar-refractivity contribution in [3.63, 3.8) is 0 Å². The molecule has 0 saturated carbocycles. The molecule has 0 aliphatic carbocycles. The van der Waals surface area contributed by atoms with Crippen molar-refractivity contribution in [1.82, 2.24) is 0 Å². The van der Waals surface area contributed by atoms with Crippen molar-refractivity contribution >= 4 is 10.2 Å². The minimum absolute atomic E-state index is 0.209. The summed E-state index contributed by atoms with van der Waals surface area (Å²) < 4.78 is 11.2. The van der Waals surface area contributed by atoms with Crippen LogP contribution in [-0.4, -0.2) is 28.9 Å². The first-order chi connectivity index (χ1) is 5.68. The Morgan fingerprint density at radius 3 is 1.92 bits per heavy atom. The summed E-state index contributed by atoms with van der Waals surface area (Å²) in [6.45, 7) is 7.76.